The lowest BCUT2D eigenvalue weighted by Gasteiger charge is -2.30. The largest absolute Gasteiger partial charge is 0.354 e. The second-order valence-electron chi connectivity index (χ2n) is 5.05. The molecule has 0 bridgehead atoms. The van der Waals surface area contributed by atoms with Gasteiger partial charge in [0.2, 0.25) is 15.9 Å². The van der Waals surface area contributed by atoms with Crippen LogP contribution in [0.2, 0.25) is 0 Å². The van der Waals surface area contributed by atoms with E-state index in [0.717, 1.165) is 12.8 Å². The Hall–Kier alpha value is -1.41. The molecule has 1 aliphatic heterocycles. The molecule has 1 atom stereocenters. The van der Waals surface area contributed by atoms with Crippen molar-refractivity contribution >= 4 is 15.9 Å². The number of carbonyl (C=O) groups is 1. The maximum absolute atomic E-state index is 12.0. The molecule has 20 heavy (non-hydrogen) atoms. The van der Waals surface area contributed by atoms with Crippen molar-refractivity contribution in [2.75, 3.05) is 25.9 Å². The van der Waals surface area contributed by atoms with E-state index in [0.29, 0.717) is 19.6 Å². The highest BCUT2D eigenvalue weighted by Gasteiger charge is 2.29. The molecule has 0 saturated carbocycles. The summed E-state index contributed by atoms with van der Waals surface area (Å²) < 4.78 is 26.3. The predicted octanol–water partition coefficient (Wildman–Crippen LogP) is -0.329. The summed E-state index contributed by atoms with van der Waals surface area (Å²) in [7, 11) is -3.21. The first kappa shape index (κ1) is 15.0. The number of rotatable bonds is 5. The van der Waals surface area contributed by atoms with Crippen LogP contribution in [0.15, 0.2) is 18.7 Å². The molecule has 7 nitrogen and oxygen atoms in total. The second-order valence-corrected chi connectivity index (χ2v) is 7.03. The predicted molar refractivity (Wildman–Crippen MR) is 74.4 cm³/mol. The van der Waals surface area contributed by atoms with Crippen LogP contribution in [0.1, 0.15) is 12.8 Å². The monoisotopic (exact) mass is 300 g/mol. The van der Waals surface area contributed by atoms with Crippen molar-refractivity contribution in [3.8, 4) is 0 Å². The van der Waals surface area contributed by atoms with Crippen molar-refractivity contribution in [3.05, 3.63) is 18.7 Å². The van der Waals surface area contributed by atoms with Gasteiger partial charge >= 0.3 is 0 Å². The summed E-state index contributed by atoms with van der Waals surface area (Å²) >= 11 is 0. The van der Waals surface area contributed by atoms with Gasteiger partial charge in [0.05, 0.1) is 18.5 Å². The molecule has 1 aliphatic rings. The minimum Gasteiger partial charge on any atom is -0.354 e. The van der Waals surface area contributed by atoms with Gasteiger partial charge in [0.15, 0.2) is 0 Å². The van der Waals surface area contributed by atoms with Crippen LogP contribution in [0.4, 0.5) is 0 Å². The van der Waals surface area contributed by atoms with Crippen LogP contribution in [0.5, 0.6) is 0 Å². The van der Waals surface area contributed by atoms with E-state index in [1.165, 1.54) is 10.6 Å². The summed E-state index contributed by atoms with van der Waals surface area (Å²) in [6.45, 7) is 1.98. The molecule has 0 aliphatic carbocycles. The summed E-state index contributed by atoms with van der Waals surface area (Å²) in [5.41, 5.74) is 0. The van der Waals surface area contributed by atoms with Gasteiger partial charge in [-0.05, 0) is 12.8 Å². The number of hydrogen-bond acceptors (Lipinski definition) is 4. The van der Waals surface area contributed by atoms with Crippen molar-refractivity contribution in [1.29, 1.82) is 0 Å². The molecule has 112 valence electrons. The summed E-state index contributed by atoms with van der Waals surface area (Å²) in [4.78, 5) is 16.0. The SMILES string of the molecule is CS(=O)(=O)N1CCCC(C(=O)NCCn2ccnc2)C1. The molecule has 1 aromatic rings. The number of amides is 1. The highest BCUT2D eigenvalue weighted by Crippen LogP contribution is 2.18. The van der Waals surface area contributed by atoms with E-state index in [2.05, 4.69) is 10.3 Å². The molecule has 1 aromatic heterocycles. The Bertz CT molecular complexity index is 541. The number of aromatic nitrogens is 2. The molecule has 1 fully saturated rings. The number of piperidine rings is 1. The maximum atomic E-state index is 12.0. The lowest BCUT2D eigenvalue weighted by molar-refractivity contribution is -0.126. The Kier molecular flexibility index (Phi) is 4.77. The first-order chi connectivity index (χ1) is 9.47. The fourth-order valence-electron chi connectivity index (χ4n) is 2.33. The smallest absolute Gasteiger partial charge is 0.224 e. The molecule has 2 rings (SSSR count). The molecular formula is C12H20N4O3S. The normalized spacial score (nSPS) is 20.8. The summed E-state index contributed by atoms with van der Waals surface area (Å²) in [5.74, 6) is -0.320. The molecule has 1 unspecified atom stereocenters. The average Bonchev–Trinajstić information content (AvgIpc) is 2.91. The molecule has 1 amide bonds. The van der Waals surface area contributed by atoms with Crippen molar-refractivity contribution in [2.24, 2.45) is 5.92 Å². The van der Waals surface area contributed by atoms with Gasteiger partial charge in [-0.15, -0.1) is 0 Å². The molecule has 0 spiro atoms. The maximum Gasteiger partial charge on any atom is 0.224 e. The van der Waals surface area contributed by atoms with Crippen LogP contribution in [-0.2, 0) is 21.4 Å². The topological polar surface area (TPSA) is 84.3 Å². The van der Waals surface area contributed by atoms with E-state index in [9.17, 15) is 13.2 Å². The number of carbonyl (C=O) groups excluding carboxylic acids is 1. The zero-order valence-electron chi connectivity index (χ0n) is 11.5. The van der Waals surface area contributed by atoms with Crippen molar-refractivity contribution < 1.29 is 13.2 Å². The van der Waals surface area contributed by atoms with E-state index in [4.69, 9.17) is 0 Å². The van der Waals surface area contributed by atoms with Crippen LogP contribution < -0.4 is 5.32 Å². The van der Waals surface area contributed by atoms with Crippen LogP contribution in [-0.4, -0.2) is 54.1 Å². The van der Waals surface area contributed by atoms with Crippen LogP contribution >= 0.6 is 0 Å². The first-order valence-corrected chi connectivity index (χ1v) is 8.50. The number of hydrogen-bond donors (Lipinski definition) is 1. The zero-order valence-corrected chi connectivity index (χ0v) is 12.3. The van der Waals surface area contributed by atoms with Crippen molar-refractivity contribution in [3.63, 3.8) is 0 Å². The van der Waals surface area contributed by atoms with Crippen LogP contribution in [0, 0.1) is 5.92 Å². The number of imidazole rings is 1. The summed E-state index contributed by atoms with van der Waals surface area (Å²) in [6.07, 6.45) is 7.87. The summed E-state index contributed by atoms with van der Waals surface area (Å²) in [5, 5.41) is 2.85. The standard InChI is InChI=1S/C12H20N4O3S/c1-20(18,19)16-6-2-3-11(9-16)12(17)14-5-8-15-7-4-13-10-15/h4,7,10-11H,2-3,5-6,8-9H2,1H3,(H,14,17). The van der Waals surface area contributed by atoms with E-state index in [1.807, 2.05) is 10.8 Å². The molecule has 0 radical (unpaired) electrons. The Labute approximate surface area is 119 Å². The Morgan fingerprint density at radius 3 is 2.95 bits per heavy atom. The molecule has 1 N–H and O–H groups in total. The average molecular weight is 300 g/mol. The van der Waals surface area contributed by atoms with Crippen molar-refractivity contribution in [1.82, 2.24) is 19.2 Å². The molecular weight excluding hydrogens is 280 g/mol. The third-order valence-electron chi connectivity index (χ3n) is 3.45. The number of nitrogens with one attached hydrogen (secondary N) is 1. The molecule has 1 saturated heterocycles. The quantitative estimate of drug-likeness (QED) is 0.807. The molecule has 0 aromatic carbocycles. The Morgan fingerprint density at radius 1 is 1.50 bits per heavy atom. The lowest BCUT2D eigenvalue weighted by atomic mass is 9.99. The van der Waals surface area contributed by atoms with Gasteiger partial charge in [-0.1, -0.05) is 0 Å². The highest BCUT2D eigenvalue weighted by molar-refractivity contribution is 7.88. The minimum atomic E-state index is -3.21. The van der Waals surface area contributed by atoms with E-state index < -0.39 is 10.0 Å². The lowest BCUT2D eigenvalue weighted by Crippen LogP contribution is -2.45. The van der Waals surface area contributed by atoms with Gasteiger partial charge in [0.1, 0.15) is 0 Å². The Balaban J connectivity index is 1.80. The molecule has 8 heteroatoms. The fraction of sp³-hybridized carbons (Fsp3) is 0.667. The van der Waals surface area contributed by atoms with Gasteiger partial charge in [-0.25, -0.2) is 17.7 Å². The van der Waals surface area contributed by atoms with Gasteiger partial charge in [0.25, 0.3) is 0 Å². The molecule has 2 heterocycles. The second kappa shape index (κ2) is 6.36. The highest BCUT2D eigenvalue weighted by atomic mass is 32.2. The van der Waals surface area contributed by atoms with E-state index in [1.54, 1.807) is 12.5 Å². The number of sulfonamides is 1. The van der Waals surface area contributed by atoms with Crippen LogP contribution in [0.25, 0.3) is 0 Å². The van der Waals surface area contributed by atoms with E-state index >= 15 is 0 Å². The zero-order chi connectivity index (χ0) is 14.6. The third kappa shape index (κ3) is 4.04. The first-order valence-electron chi connectivity index (χ1n) is 6.65. The minimum absolute atomic E-state index is 0.0709. The fourth-order valence-corrected chi connectivity index (χ4v) is 3.24. The van der Waals surface area contributed by atoms with Gasteiger partial charge < -0.3 is 9.88 Å². The summed E-state index contributed by atoms with van der Waals surface area (Å²) in [6, 6.07) is 0. The third-order valence-corrected chi connectivity index (χ3v) is 4.72. The van der Waals surface area contributed by atoms with E-state index in [-0.39, 0.29) is 18.4 Å². The number of nitrogens with zero attached hydrogens (tertiary/aromatic N) is 3. The Morgan fingerprint density at radius 2 is 2.30 bits per heavy atom. The van der Waals surface area contributed by atoms with Gasteiger partial charge in [0, 0.05) is 38.6 Å². The van der Waals surface area contributed by atoms with Crippen molar-refractivity contribution in [2.45, 2.75) is 19.4 Å². The van der Waals surface area contributed by atoms with Crippen LogP contribution in [0.3, 0.4) is 0 Å². The van der Waals surface area contributed by atoms with Gasteiger partial charge in [-0.2, -0.15) is 0 Å². The van der Waals surface area contributed by atoms with Gasteiger partial charge in [-0.3, -0.25) is 4.79 Å².